The molecule has 0 bridgehead atoms. The quantitative estimate of drug-likeness (QED) is 0.586. The molecular weight excluding hydrogens is 316 g/mol. The first-order chi connectivity index (χ1) is 12.3. The topological polar surface area (TPSA) is 88.5 Å². The van der Waals surface area contributed by atoms with Crippen LogP contribution in [0, 0.1) is 0 Å². The van der Waals surface area contributed by atoms with E-state index in [1.54, 1.807) is 6.07 Å². The standard InChI is InChI=1S/C18H16N6O/c25-18(15-6-2-4-8-17(15)24-12-21-22-23-24)19-10-9-13-11-20-16-7-3-1-5-14(13)16/h1-8,11-12,20H,9-10H2,(H,19,25). The average molecular weight is 332 g/mol. The Morgan fingerprint density at radius 2 is 1.96 bits per heavy atom. The number of aromatic amines is 1. The first-order valence-electron chi connectivity index (χ1n) is 7.98. The first-order valence-corrected chi connectivity index (χ1v) is 7.98. The minimum Gasteiger partial charge on any atom is -0.361 e. The molecule has 7 heteroatoms. The van der Waals surface area contributed by atoms with E-state index in [-0.39, 0.29) is 5.91 Å². The van der Waals surface area contributed by atoms with Crippen molar-refractivity contribution in [2.45, 2.75) is 6.42 Å². The summed E-state index contributed by atoms with van der Waals surface area (Å²) in [5.74, 6) is -0.147. The molecule has 0 aliphatic rings. The number of hydrogen-bond donors (Lipinski definition) is 2. The maximum absolute atomic E-state index is 12.6. The third kappa shape index (κ3) is 2.99. The van der Waals surface area contributed by atoms with Crippen LogP contribution in [0.5, 0.6) is 0 Å². The largest absolute Gasteiger partial charge is 0.361 e. The second-order valence-corrected chi connectivity index (χ2v) is 5.64. The van der Waals surface area contributed by atoms with Gasteiger partial charge in [-0.25, -0.2) is 0 Å². The Bertz CT molecular complexity index is 1010. The van der Waals surface area contributed by atoms with E-state index < -0.39 is 0 Å². The second kappa shape index (κ2) is 6.56. The zero-order valence-corrected chi connectivity index (χ0v) is 13.4. The Morgan fingerprint density at radius 1 is 1.12 bits per heavy atom. The lowest BCUT2D eigenvalue weighted by atomic mass is 10.1. The van der Waals surface area contributed by atoms with Gasteiger partial charge in [0.15, 0.2) is 0 Å². The molecule has 7 nitrogen and oxygen atoms in total. The summed E-state index contributed by atoms with van der Waals surface area (Å²) in [5, 5.41) is 15.3. The molecule has 0 saturated heterocycles. The van der Waals surface area contributed by atoms with Gasteiger partial charge in [-0.05, 0) is 40.6 Å². The van der Waals surface area contributed by atoms with Gasteiger partial charge in [0.1, 0.15) is 6.33 Å². The number of fused-ring (bicyclic) bond motifs is 1. The molecule has 0 unspecified atom stereocenters. The minimum absolute atomic E-state index is 0.147. The van der Waals surface area contributed by atoms with Crippen LogP contribution in [-0.2, 0) is 6.42 Å². The molecule has 0 radical (unpaired) electrons. The highest BCUT2D eigenvalue weighted by Crippen LogP contribution is 2.18. The Morgan fingerprint density at radius 3 is 2.84 bits per heavy atom. The molecule has 1 amide bonds. The van der Waals surface area contributed by atoms with E-state index in [0.29, 0.717) is 17.8 Å². The van der Waals surface area contributed by atoms with Crippen LogP contribution >= 0.6 is 0 Å². The van der Waals surface area contributed by atoms with Crippen LogP contribution in [0.25, 0.3) is 16.6 Å². The highest BCUT2D eigenvalue weighted by atomic mass is 16.1. The average Bonchev–Trinajstić information content (AvgIpc) is 3.32. The zero-order valence-electron chi connectivity index (χ0n) is 13.4. The van der Waals surface area contributed by atoms with Crippen molar-refractivity contribution in [1.29, 1.82) is 0 Å². The fourth-order valence-corrected chi connectivity index (χ4v) is 2.88. The fourth-order valence-electron chi connectivity index (χ4n) is 2.88. The molecule has 2 aromatic heterocycles. The molecule has 4 aromatic rings. The van der Waals surface area contributed by atoms with Gasteiger partial charge < -0.3 is 10.3 Å². The molecule has 0 saturated carbocycles. The van der Waals surface area contributed by atoms with Crippen molar-refractivity contribution in [3.05, 3.63) is 72.2 Å². The van der Waals surface area contributed by atoms with Crippen molar-refractivity contribution < 1.29 is 4.79 Å². The molecule has 0 atom stereocenters. The summed E-state index contributed by atoms with van der Waals surface area (Å²) in [6.45, 7) is 0.546. The maximum Gasteiger partial charge on any atom is 0.253 e. The number of carbonyl (C=O) groups is 1. The van der Waals surface area contributed by atoms with E-state index >= 15 is 0 Å². The number of H-pyrrole nitrogens is 1. The number of aromatic nitrogens is 5. The molecular formula is C18H16N6O. The monoisotopic (exact) mass is 332 g/mol. The molecule has 2 aromatic carbocycles. The number of hydrogen-bond acceptors (Lipinski definition) is 4. The summed E-state index contributed by atoms with van der Waals surface area (Å²) in [6.07, 6.45) is 4.21. The lowest BCUT2D eigenvalue weighted by Crippen LogP contribution is -2.26. The SMILES string of the molecule is O=C(NCCc1c[nH]c2ccccc12)c1ccccc1-n1cnnn1. The van der Waals surface area contributed by atoms with Gasteiger partial charge in [-0.1, -0.05) is 30.3 Å². The summed E-state index contributed by atoms with van der Waals surface area (Å²) in [7, 11) is 0. The lowest BCUT2D eigenvalue weighted by Gasteiger charge is -2.09. The van der Waals surface area contributed by atoms with Crippen molar-refractivity contribution in [3.63, 3.8) is 0 Å². The summed E-state index contributed by atoms with van der Waals surface area (Å²) >= 11 is 0. The number of carbonyl (C=O) groups excluding carboxylic acids is 1. The summed E-state index contributed by atoms with van der Waals surface area (Å²) in [4.78, 5) is 15.8. The van der Waals surface area contributed by atoms with Crippen LogP contribution in [0.1, 0.15) is 15.9 Å². The van der Waals surface area contributed by atoms with Gasteiger partial charge in [-0.15, -0.1) is 5.10 Å². The first kappa shape index (κ1) is 15.1. The van der Waals surface area contributed by atoms with Crippen LogP contribution in [-0.4, -0.2) is 37.6 Å². The molecule has 2 N–H and O–H groups in total. The summed E-state index contributed by atoms with van der Waals surface area (Å²) < 4.78 is 1.48. The number of tetrazole rings is 1. The Kier molecular flexibility index (Phi) is 3.96. The minimum atomic E-state index is -0.147. The van der Waals surface area contributed by atoms with Crippen molar-refractivity contribution in [1.82, 2.24) is 30.5 Å². The van der Waals surface area contributed by atoms with E-state index in [9.17, 15) is 4.79 Å². The number of amides is 1. The fraction of sp³-hybridized carbons (Fsp3) is 0.111. The van der Waals surface area contributed by atoms with Gasteiger partial charge >= 0.3 is 0 Å². The van der Waals surface area contributed by atoms with Crippen LogP contribution in [0.2, 0.25) is 0 Å². The van der Waals surface area contributed by atoms with Gasteiger partial charge in [-0.2, -0.15) is 4.68 Å². The normalized spacial score (nSPS) is 10.9. The molecule has 0 spiro atoms. The van der Waals surface area contributed by atoms with Crippen molar-refractivity contribution >= 4 is 16.8 Å². The number of nitrogens with one attached hydrogen (secondary N) is 2. The van der Waals surface area contributed by atoms with Crippen LogP contribution < -0.4 is 5.32 Å². The smallest absolute Gasteiger partial charge is 0.253 e. The van der Waals surface area contributed by atoms with Crippen molar-refractivity contribution in [2.24, 2.45) is 0 Å². The van der Waals surface area contributed by atoms with E-state index in [1.165, 1.54) is 22.0 Å². The molecule has 0 aliphatic heterocycles. The zero-order chi connectivity index (χ0) is 17.1. The number of benzene rings is 2. The van der Waals surface area contributed by atoms with Crippen molar-refractivity contribution in [3.8, 4) is 5.69 Å². The molecule has 25 heavy (non-hydrogen) atoms. The van der Waals surface area contributed by atoms with Gasteiger partial charge in [0, 0.05) is 23.6 Å². The number of rotatable bonds is 5. The van der Waals surface area contributed by atoms with E-state index in [2.05, 4.69) is 31.9 Å². The van der Waals surface area contributed by atoms with Crippen LogP contribution in [0.4, 0.5) is 0 Å². The lowest BCUT2D eigenvalue weighted by molar-refractivity contribution is 0.0954. The molecule has 124 valence electrons. The number of para-hydroxylation sites is 2. The predicted molar refractivity (Wildman–Crippen MR) is 93.5 cm³/mol. The highest BCUT2D eigenvalue weighted by molar-refractivity contribution is 5.97. The van der Waals surface area contributed by atoms with Gasteiger partial charge in [0.2, 0.25) is 0 Å². The van der Waals surface area contributed by atoms with Gasteiger partial charge in [0.05, 0.1) is 11.3 Å². The van der Waals surface area contributed by atoms with Crippen LogP contribution in [0.15, 0.2) is 61.1 Å². The van der Waals surface area contributed by atoms with E-state index in [4.69, 9.17) is 0 Å². The third-order valence-corrected chi connectivity index (χ3v) is 4.10. The van der Waals surface area contributed by atoms with E-state index in [1.807, 2.05) is 42.6 Å². The Hall–Kier alpha value is -3.48. The molecule has 0 aliphatic carbocycles. The third-order valence-electron chi connectivity index (χ3n) is 4.10. The van der Waals surface area contributed by atoms with Gasteiger partial charge in [0.25, 0.3) is 5.91 Å². The van der Waals surface area contributed by atoms with Crippen molar-refractivity contribution in [2.75, 3.05) is 6.54 Å². The molecule has 2 heterocycles. The predicted octanol–water partition coefficient (Wildman–Crippen LogP) is 2.12. The summed E-state index contributed by atoms with van der Waals surface area (Å²) in [5.41, 5.74) is 3.48. The maximum atomic E-state index is 12.6. The number of nitrogens with zero attached hydrogens (tertiary/aromatic N) is 4. The Balaban J connectivity index is 1.46. The van der Waals surface area contributed by atoms with Gasteiger partial charge in [-0.3, -0.25) is 4.79 Å². The molecule has 0 fully saturated rings. The summed E-state index contributed by atoms with van der Waals surface area (Å²) in [6, 6.07) is 15.4. The Labute approximate surface area is 143 Å². The second-order valence-electron chi connectivity index (χ2n) is 5.64. The molecule has 4 rings (SSSR count). The highest BCUT2D eigenvalue weighted by Gasteiger charge is 2.13. The van der Waals surface area contributed by atoms with Crippen LogP contribution in [0.3, 0.4) is 0 Å². The van der Waals surface area contributed by atoms with E-state index in [0.717, 1.165) is 11.9 Å².